The topological polar surface area (TPSA) is 67.3 Å². The predicted octanol–water partition coefficient (Wildman–Crippen LogP) is 6.75. The van der Waals surface area contributed by atoms with E-state index in [-0.39, 0.29) is 0 Å². The van der Waals surface area contributed by atoms with Crippen molar-refractivity contribution in [1.82, 2.24) is 14.9 Å². The van der Waals surface area contributed by atoms with Gasteiger partial charge in [0.1, 0.15) is 11.4 Å². The molecular weight excluding hydrogens is 444 g/mol. The molecule has 1 N–H and O–H groups in total. The zero-order chi connectivity index (χ0) is 23.5. The van der Waals surface area contributed by atoms with Crippen molar-refractivity contribution in [2.75, 3.05) is 11.9 Å². The number of hydrogen-bond acceptors (Lipinski definition) is 5. The van der Waals surface area contributed by atoms with E-state index in [0.29, 0.717) is 39.8 Å². The first-order valence-corrected chi connectivity index (χ1v) is 12.2. The molecule has 6 rings (SSSR count). The lowest BCUT2D eigenvalue weighted by molar-refractivity contribution is 0.132. The van der Waals surface area contributed by atoms with E-state index in [0.717, 1.165) is 28.4 Å². The van der Waals surface area contributed by atoms with E-state index in [1.165, 1.54) is 19.3 Å². The van der Waals surface area contributed by atoms with Crippen molar-refractivity contribution >= 4 is 34.1 Å². The molecule has 4 heterocycles. The summed E-state index contributed by atoms with van der Waals surface area (Å²) in [7, 11) is 0. The van der Waals surface area contributed by atoms with E-state index < -0.39 is 0 Å². The summed E-state index contributed by atoms with van der Waals surface area (Å²) in [6, 6.07) is 13.9. The van der Waals surface area contributed by atoms with Crippen LogP contribution in [0.15, 0.2) is 63.8 Å². The van der Waals surface area contributed by atoms with Gasteiger partial charge < -0.3 is 19.1 Å². The molecule has 2 atom stereocenters. The lowest BCUT2D eigenvalue weighted by Crippen LogP contribution is -2.39. The highest BCUT2D eigenvalue weighted by Gasteiger charge is 2.50. The van der Waals surface area contributed by atoms with E-state index in [2.05, 4.69) is 31.0 Å². The Labute approximate surface area is 204 Å². The molecule has 34 heavy (non-hydrogen) atoms. The van der Waals surface area contributed by atoms with Crippen molar-refractivity contribution in [2.45, 2.75) is 46.1 Å². The Morgan fingerprint density at radius 1 is 0.971 bits per heavy atom. The molecule has 4 aromatic rings. The van der Waals surface area contributed by atoms with E-state index in [1.807, 2.05) is 42.5 Å². The van der Waals surface area contributed by atoms with Gasteiger partial charge in [0.15, 0.2) is 16.6 Å². The maximum absolute atomic E-state index is 5.88. The highest BCUT2D eigenvalue weighted by Crippen LogP contribution is 2.52. The van der Waals surface area contributed by atoms with Gasteiger partial charge in [-0.3, -0.25) is 0 Å². The number of nitrogens with one attached hydrogen (secondary N) is 1. The number of nitrogens with zero attached hydrogens (tertiary/aromatic N) is 3. The number of thiocarbonyl (C=S) groups is 1. The molecule has 1 saturated carbocycles. The Morgan fingerprint density at radius 3 is 2.29 bits per heavy atom. The van der Waals surface area contributed by atoms with Crippen molar-refractivity contribution in [3.8, 4) is 22.9 Å². The summed E-state index contributed by atoms with van der Waals surface area (Å²) in [5.41, 5.74) is 4.45. The van der Waals surface area contributed by atoms with Gasteiger partial charge in [-0.05, 0) is 84.8 Å². The van der Waals surface area contributed by atoms with Gasteiger partial charge in [-0.1, -0.05) is 20.8 Å². The Morgan fingerprint density at radius 2 is 1.65 bits per heavy atom. The average molecular weight is 473 g/mol. The van der Waals surface area contributed by atoms with Crippen LogP contribution in [-0.4, -0.2) is 32.6 Å². The van der Waals surface area contributed by atoms with E-state index >= 15 is 0 Å². The summed E-state index contributed by atoms with van der Waals surface area (Å²) in [5, 5.41) is 4.27. The fourth-order valence-electron chi connectivity index (χ4n) is 6.19. The largest absolute Gasteiger partial charge is 0.463 e. The number of hydrogen-bond donors (Lipinski definition) is 1. The molecule has 0 amide bonds. The normalized spacial score (nSPS) is 23.4. The fraction of sp³-hybridized carbons (Fsp3) is 0.370. The minimum absolute atomic E-state index is 0.327. The Balaban J connectivity index is 1.32. The molecule has 1 aliphatic heterocycles. The van der Waals surface area contributed by atoms with Gasteiger partial charge in [0.25, 0.3) is 0 Å². The molecule has 1 saturated heterocycles. The molecule has 3 aromatic heterocycles. The Hall–Kier alpha value is -3.19. The van der Waals surface area contributed by atoms with Crippen LogP contribution in [-0.2, 0) is 0 Å². The molecule has 2 aliphatic rings. The minimum atomic E-state index is 0.327. The number of aromatic nitrogens is 2. The molecule has 7 heteroatoms. The SMILES string of the molecule is CC1(C)C[C@H]2C[C@@](C)(CN2C(=S)Nc2ccc3nc(-c4ccco4)c(-c4ccco4)nc3c2)C1. The van der Waals surface area contributed by atoms with Crippen molar-refractivity contribution in [2.24, 2.45) is 10.8 Å². The van der Waals surface area contributed by atoms with Gasteiger partial charge in [0.05, 0.1) is 23.6 Å². The minimum Gasteiger partial charge on any atom is -0.463 e. The number of likely N-dealkylation sites (tertiary alicyclic amines) is 1. The first-order valence-electron chi connectivity index (χ1n) is 11.8. The third-order valence-corrected chi connectivity index (χ3v) is 7.44. The summed E-state index contributed by atoms with van der Waals surface area (Å²) in [5.74, 6) is 1.30. The van der Waals surface area contributed by atoms with Gasteiger partial charge in [-0.25, -0.2) is 9.97 Å². The summed E-state index contributed by atoms with van der Waals surface area (Å²) < 4.78 is 11.3. The second kappa shape index (κ2) is 7.67. The summed E-state index contributed by atoms with van der Waals surface area (Å²) in [6.07, 6.45) is 6.90. The van der Waals surface area contributed by atoms with Gasteiger partial charge in [-0.15, -0.1) is 0 Å². The quantitative estimate of drug-likeness (QED) is 0.331. The highest BCUT2D eigenvalue weighted by molar-refractivity contribution is 7.80. The standard InChI is InChI=1S/C27H28N4O2S/c1-26(2)13-18-14-27(3,15-26)16-31(18)25(34)28-17-8-9-19-20(12-17)30-24(22-7-5-11-33-22)23(29-19)21-6-4-10-32-21/h4-12,18H,13-16H2,1-3H3,(H,28,34)/t18-,27+/m0/s1. The molecular formula is C27H28N4O2S. The molecule has 1 aromatic carbocycles. The first-order chi connectivity index (χ1) is 16.3. The smallest absolute Gasteiger partial charge is 0.173 e. The molecule has 2 fully saturated rings. The molecule has 0 radical (unpaired) electrons. The van der Waals surface area contributed by atoms with Crippen molar-refractivity contribution in [1.29, 1.82) is 0 Å². The van der Waals surface area contributed by atoms with E-state index in [9.17, 15) is 0 Å². The van der Waals surface area contributed by atoms with Crippen LogP contribution < -0.4 is 5.32 Å². The van der Waals surface area contributed by atoms with Gasteiger partial charge in [0, 0.05) is 18.3 Å². The van der Waals surface area contributed by atoms with Gasteiger partial charge >= 0.3 is 0 Å². The first kappa shape index (κ1) is 21.4. The monoisotopic (exact) mass is 472 g/mol. The van der Waals surface area contributed by atoms with Crippen LogP contribution >= 0.6 is 12.2 Å². The number of fused-ring (bicyclic) bond motifs is 3. The Bertz CT molecular complexity index is 1360. The zero-order valence-electron chi connectivity index (χ0n) is 19.7. The van der Waals surface area contributed by atoms with Crippen LogP contribution in [0.2, 0.25) is 0 Å². The van der Waals surface area contributed by atoms with E-state index in [1.54, 1.807) is 12.5 Å². The lowest BCUT2D eigenvalue weighted by atomic mass is 9.65. The van der Waals surface area contributed by atoms with Crippen molar-refractivity contribution in [3.05, 3.63) is 55.0 Å². The maximum Gasteiger partial charge on any atom is 0.173 e. The molecule has 6 nitrogen and oxygen atoms in total. The maximum atomic E-state index is 5.88. The van der Waals surface area contributed by atoms with Crippen LogP contribution in [0.5, 0.6) is 0 Å². The third kappa shape index (κ3) is 3.78. The van der Waals surface area contributed by atoms with Crippen LogP contribution in [0.3, 0.4) is 0 Å². The average Bonchev–Trinajstić information content (AvgIpc) is 3.53. The van der Waals surface area contributed by atoms with Crippen LogP contribution in [0.4, 0.5) is 5.69 Å². The predicted molar refractivity (Wildman–Crippen MR) is 137 cm³/mol. The Kier molecular flexibility index (Phi) is 4.81. The number of furan rings is 2. The zero-order valence-corrected chi connectivity index (χ0v) is 20.5. The molecule has 2 bridgehead atoms. The lowest BCUT2D eigenvalue weighted by Gasteiger charge is -2.39. The second-order valence-corrected chi connectivity index (χ2v) is 11.2. The number of anilines is 1. The summed E-state index contributed by atoms with van der Waals surface area (Å²) in [6.45, 7) is 8.18. The summed E-state index contributed by atoms with van der Waals surface area (Å²) >= 11 is 5.88. The highest BCUT2D eigenvalue weighted by atomic mass is 32.1. The van der Waals surface area contributed by atoms with Gasteiger partial charge in [-0.2, -0.15) is 0 Å². The number of benzene rings is 1. The fourth-order valence-corrected chi connectivity index (χ4v) is 6.53. The van der Waals surface area contributed by atoms with Crippen LogP contribution in [0, 0.1) is 10.8 Å². The van der Waals surface area contributed by atoms with Crippen molar-refractivity contribution in [3.63, 3.8) is 0 Å². The third-order valence-electron chi connectivity index (χ3n) is 7.10. The van der Waals surface area contributed by atoms with Gasteiger partial charge in [0.2, 0.25) is 0 Å². The van der Waals surface area contributed by atoms with Crippen molar-refractivity contribution < 1.29 is 8.83 Å². The number of rotatable bonds is 3. The summed E-state index contributed by atoms with van der Waals surface area (Å²) in [4.78, 5) is 12.2. The molecule has 1 aliphatic carbocycles. The van der Waals surface area contributed by atoms with Crippen LogP contribution in [0.1, 0.15) is 40.0 Å². The van der Waals surface area contributed by atoms with E-state index in [4.69, 9.17) is 31.0 Å². The van der Waals surface area contributed by atoms with Crippen LogP contribution in [0.25, 0.3) is 33.9 Å². The molecule has 0 unspecified atom stereocenters. The second-order valence-electron chi connectivity index (χ2n) is 10.9. The molecule has 174 valence electrons. The molecule has 0 spiro atoms.